The van der Waals surface area contributed by atoms with Crippen LogP contribution in [0.2, 0.25) is 0 Å². The van der Waals surface area contributed by atoms with Gasteiger partial charge >= 0.3 is 5.91 Å². The zero-order valence-corrected chi connectivity index (χ0v) is 8.59. The van der Waals surface area contributed by atoms with E-state index in [1.807, 2.05) is 12.1 Å². The predicted octanol–water partition coefficient (Wildman–Crippen LogP) is 1.54. The van der Waals surface area contributed by atoms with Gasteiger partial charge in [-0.25, -0.2) is 4.79 Å². The van der Waals surface area contributed by atoms with Crippen LogP contribution in [0.5, 0.6) is 0 Å². The number of nitrogens with one attached hydrogen (secondary N) is 1. The SMILES string of the molecule is O=C(c1ccccc1)[NH+]([O-])c1ccccc1. The van der Waals surface area contributed by atoms with Crippen LogP contribution in [0.15, 0.2) is 60.7 Å². The van der Waals surface area contributed by atoms with Crippen LogP contribution in [0.1, 0.15) is 10.4 Å². The average Bonchev–Trinajstić information content (AvgIpc) is 2.39. The lowest BCUT2D eigenvalue weighted by Gasteiger charge is -2.18. The first-order valence-corrected chi connectivity index (χ1v) is 4.98. The fraction of sp³-hybridized carbons (Fsp3) is 0. The summed E-state index contributed by atoms with van der Waals surface area (Å²) in [6.07, 6.45) is 0. The highest BCUT2D eigenvalue weighted by Gasteiger charge is 2.15. The van der Waals surface area contributed by atoms with Gasteiger partial charge in [0.2, 0.25) is 0 Å². The lowest BCUT2D eigenvalue weighted by Crippen LogP contribution is -3.05. The molecule has 0 aliphatic carbocycles. The Labute approximate surface area is 93.5 Å². The standard InChI is InChI=1S/C13H11NO2/c15-13(11-7-3-1-4-8-11)14(16)12-9-5-2-6-10-12/h1-10,14H. The van der Waals surface area contributed by atoms with Gasteiger partial charge in [0.25, 0.3) is 0 Å². The molecule has 2 rings (SSSR count). The fourth-order valence-electron chi connectivity index (χ4n) is 1.44. The Balaban J connectivity index is 2.24. The number of quaternary nitrogens is 1. The zero-order chi connectivity index (χ0) is 11.4. The molecule has 0 spiro atoms. The number of para-hydroxylation sites is 1. The topological polar surface area (TPSA) is 44.6 Å². The summed E-state index contributed by atoms with van der Waals surface area (Å²) >= 11 is 0. The van der Waals surface area contributed by atoms with Gasteiger partial charge in [0.1, 0.15) is 5.69 Å². The average molecular weight is 213 g/mol. The van der Waals surface area contributed by atoms with E-state index in [0.717, 1.165) is 0 Å². The zero-order valence-electron chi connectivity index (χ0n) is 8.59. The smallest absolute Gasteiger partial charge is 0.349 e. The van der Waals surface area contributed by atoms with Crippen molar-refractivity contribution in [2.45, 2.75) is 0 Å². The fourth-order valence-corrected chi connectivity index (χ4v) is 1.44. The summed E-state index contributed by atoms with van der Waals surface area (Å²) in [5, 5.41) is 11.3. The molecule has 0 aromatic heterocycles. The number of carbonyl (C=O) groups excluding carboxylic acids is 1. The van der Waals surface area contributed by atoms with Gasteiger partial charge in [0, 0.05) is 0 Å². The molecule has 1 atom stereocenters. The minimum absolute atomic E-state index is 0.427. The summed E-state index contributed by atoms with van der Waals surface area (Å²) in [4.78, 5) is 11.8. The van der Waals surface area contributed by atoms with Gasteiger partial charge in [-0.05, 0) is 24.3 Å². The summed E-state index contributed by atoms with van der Waals surface area (Å²) in [5.41, 5.74) is 0.854. The Morgan fingerprint density at radius 3 is 1.94 bits per heavy atom. The van der Waals surface area contributed by atoms with Crippen molar-refractivity contribution in [3.05, 3.63) is 71.4 Å². The molecule has 3 nitrogen and oxygen atoms in total. The molecule has 16 heavy (non-hydrogen) atoms. The highest BCUT2D eigenvalue weighted by molar-refractivity contribution is 5.88. The van der Waals surface area contributed by atoms with E-state index in [4.69, 9.17) is 0 Å². The molecule has 2 aromatic carbocycles. The molecular weight excluding hydrogens is 202 g/mol. The van der Waals surface area contributed by atoms with E-state index >= 15 is 0 Å². The van der Waals surface area contributed by atoms with Crippen molar-refractivity contribution in [1.82, 2.24) is 0 Å². The second-order valence-electron chi connectivity index (χ2n) is 3.39. The first-order valence-electron chi connectivity index (χ1n) is 4.98. The van der Waals surface area contributed by atoms with Crippen LogP contribution in [0.4, 0.5) is 5.69 Å². The number of benzene rings is 2. The van der Waals surface area contributed by atoms with Crippen molar-refractivity contribution < 1.29 is 9.86 Å². The highest BCUT2D eigenvalue weighted by atomic mass is 16.5. The Bertz CT molecular complexity index is 468. The molecule has 0 heterocycles. The number of carbonyl (C=O) groups is 1. The molecule has 1 unspecified atom stereocenters. The molecule has 80 valence electrons. The summed E-state index contributed by atoms with van der Waals surface area (Å²) in [6, 6.07) is 17.2. The van der Waals surface area contributed by atoms with E-state index < -0.39 is 11.0 Å². The van der Waals surface area contributed by atoms with E-state index in [1.54, 1.807) is 48.5 Å². The molecule has 0 aliphatic heterocycles. The quantitative estimate of drug-likeness (QED) is 0.769. The summed E-state index contributed by atoms with van der Waals surface area (Å²) in [7, 11) is 0. The van der Waals surface area contributed by atoms with Crippen molar-refractivity contribution in [1.29, 1.82) is 0 Å². The van der Waals surface area contributed by atoms with Crippen LogP contribution >= 0.6 is 0 Å². The molecule has 0 saturated carbocycles. The molecule has 3 heteroatoms. The van der Waals surface area contributed by atoms with Crippen molar-refractivity contribution in [2.75, 3.05) is 0 Å². The Morgan fingerprint density at radius 1 is 0.875 bits per heavy atom. The normalized spacial score (nSPS) is 12.1. The Hall–Kier alpha value is -1.97. The van der Waals surface area contributed by atoms with Gasteiger partial charge in [-0.1, -0.05) is 36.4 Å². The second kappa shape index (κ2) is 4.70. The number of amides is 1. The van der Waals surface area contributed by atoms with Crippen molar-refractivity contribution in [2.24, 2.45) is 0 Å². The maximum atomic E-state index is 11.8. The number of hydrogen-bond donors (Lipinski definition) is 1. The summed E-state index contributed by atoms with van der Waals surface area (Å²) in [5.74, 6) is -0.466. The minimum Gasteiger partial charge on any atom is -0.621 e. The van der Waals surface area contributed by atoms with E-state index in [1.165, 1.54) is 0 Å². The Morgan fingerprint density at radius 2 is 1.38 bits per heavy atom. The third-order valence-corrected chi connectivity index (χ3v) is 2.28. The minimum atomic E-state index is -0.466. The summed E-state index contributed by atoms with van der Waals surface area (Å²) < 4.78 is 0. The maximum absolute atomic E-state index is 11.8. The van der Waals surface area contributed by atoms with Gasteiger partial charge in [0.15, 0.2) is 0 Å². The Kier molecular flexibility index (Phi) is 3.10. The molecular formula is C13H11NO2. The molecule has 0 saturated heterocycles. The number of hydrogen-bond acceptors (Lipinski definition) is 2. The summed E-state index contributed by atoms with van der Waals surface area (Å²) in [6.45, 7) is 0. The predicted molar refractivity (Wildman–Crippen MR) is 61.2 cm³/mol. The van der Waals surface area contributed by atoms with E-state index in [-0.39, 0.29) is 0 Å². The second-order valence-corrected chi connectivity index (χ2v) is 3.39. The maximum Gasteiger partial charge on any atom is 0.349 e. The third-order valence-electron chi connectivity index (χ3n) is 2.28. The molecule has 0 bridgehead atoms. The number of hydroxylamine groups is 1. The van der Waals surface area contributed by atoms with Crippen LogP contribution in [-0.4, -0.2) is 5.91 Å². The highest BCUT2D eigenvalue weighted by Crippen LogP contribution is 2.01. The number of rotatable bonds is 2. The lowest BCUT2D eigenvalue weighted by molar-refractivity contribution is -0.679. The van der Waals surface area contributed by atoms with E-state index in [2.05, 4.69) is 0 Å². The van der Waals surface area contributed by atoms with Crippen LogP contribution in [-0.2, 0) is 0 Å². The van der Waals surface area contributed by atoms with Crippen molar-refractivity contribution in [3.8, 4) is 0 Å². The van der Waals surface area contributed by atoms with E-state index in [0.29, 0.717) is 11.3 Å². The van der Waals surface area contributed by atoms with Crippen LogP contribution < -0.4 is 5.06 Å². The lowest BCUT2D eigenvalue weighted by atomic mass is 10.2. The first kappa shape index (κ1) is 10.5. The van der Waals surface area contributed by atoms with Crippen LogP contribution in [0, 0.1) is 5.21 Å². The van der Waals surface area contributed by atoms with Gasteiger partial charge in [-0.2, -0.15) is 0 Å². The first-order chi connectivity index (χ1) is 7.79. The van der Waals surface area contributed by atoms with Gasteiger partial charge in [-0.15, -0.1) is 0 Å². The van der Waals surface area contributed by atoms with Crippen LogP contribution in [0.3, 0.4) is 0 Å². The molecule has 1 N–H and O–H groups in total. The van der Waals surface area contributed by atoms with Gasteiger partial charge in [-0.3, -0.25) is 5.06 Å². The molecule has 0 fully saturated rings. The monoisotopic (exact) mass is 213 g/mol. The van der Waals surface area contributed by atoms with E-state index in [9.17, 15) is 10.0 Å². The molecule has 1 amide bonds. The van der Waals surface area contributed by atoms with Gasteiger partial charge in [0.05, 0.1) is 5.56 Å². The van der Waals surface area contributed by atoms with Crippen molar-refractivity contribution >= 4 is 11.6 Å². The van der Waals surface area contributed by atoms with Crippen LogP contribution in [0.25, 0.3) is 0 Å². The largest absolute Gasteiger partial charge is 0.621 e. The van der Waals surface area contributed by atoms with Crippen molar-refractivity contribution in [3.63, 3.8) is 0 Å². The van der Waals surface area contributed by atoms with Gasteiger partial charge < -0.3 is 5.21 Å². The molecule has 0 radical (unpaired) electrons. The third kappa shape index (κ3) is 2.16. The molecule has 2 aromatic rings. The molecule has 0 aliphatic rings.